The van der Waals surface area contributed by atoms with E-state index in [1.54, 1.807) is 18.3 Å². The number of anilines is 2. The van der Waals surface area contributed by atoms with E-state index in [1.807, 2.05) is 29.2 Å². The number of hydrogen-bond acceptors (Lipinski definition) is 5. The van der Waals surface area contributed by atoms with E-state index in [9.17, 15) is 8.42 Å². The molecule has 2 aromatic heterocycles. The van der Waals surface area contributed by atoms with Crippen LogP contribution in [-0.2, 0) is 16.4 Å². The Morgan fingerprint density at radius 3 is 2.50 bits per heavy atom. The summed E-state index contributed by atoms with van der Waals surface area (Å²) in [5.41, 5.74) is 7.66. The summed E-state index contributed by atoms with van der Waals surface area (Å²) in [7, 11) is -2.03. The molecule has 1 aliphatic rings. The predicted octanol–water partition coefficient (Wildman–Crippen LogP) is 5.61. The number of sulfonamides is 1. The molecule has 3 heterocycles. The smallest absolute Gasteiger partial charge is 0.229 e. The highest BCUT2D eigenvalue weighted by atomic mass is 32.2. The third-order valence-electron chi connectivity index (χ3n) is 7.26. The average Bonchev–Trinajstić information content (AvgIpc) is 3.42. The van der Waals surface area contributed by atoms with Gasteiger partial charge in [0.25, 0.3) is 0 Å². The Hall–Kier alpha value is -3.89. The van der Waals surface area contributed by atoms with Crippen LogP contribution in [0.3, 0.4) is 0 Å². The third-order valence-corrected chi connectivity index (χ3v) is 8.16. The number of aryl methyl sites for hydroxylation is 2. The molecule has 2 aromatic carbocycles. The van der Waals surface area contributed by atoms with E-state index in [1.165, 1.54) is 12.7 Å². The van der Waals surface area contributed by atoms with Gasteiger partial charge in [-0.2, -0.15) is 0 Å². The van der Waals surface area contributed by atoms with Crippen LogP contribution in [0.5, 0.6) is 5.75 Å². The van der Waals surface area contributed by atoms with Crippen LogP contribution in [0.4, 0.5) is 11.4 Å². The lowest BCUT2D eigenvalue weighted by Crippen LogP contribution is -2.29. The molecule has 10 heteroatoms. The lowest BCUT2D eigenvalue weighted by molar-refractivity contribution is 0.417. The van der Waals surface area contributed by atoms with Gasteiger partial charge in [0.05, 0.1) is 36.8 Å². The Morgan fingerprint density at radius 1 is 1.07 bits per heavy atom. The van der Waals surface area contributed by atoms with Gasteiger partial charge in [0.15, 0.2) is 5.11 Å². The van der Waals surface area contributed by atoms with E-state index in [-0.39, 0.29) is 12.1 Å². The van der Waals surface area contributed by atoms with Crippen LogP contribution in [0.15, 0.2) is 72.9 Å². The molecular formula is C30H33N5O3S2. The number of aromatic nitrogens is 2. The fraction of sp³-hybridized carbons (Fsp3) is 0.267. The monoisotopic (exact) mass is 575 g/mol. The summed E-state index contributed by atoms with van der Waals surface area (Å²) in [5, 5.41) is 4.02. The molecule has 0 unspecified atom stereocenters. The molecule has 0 radical (unpaired) electrons. The largest absolute Gasteiger partial charge is 0.495 e. The van der Waals surface area contributed by atoms with Gasteiger partial charge in [0.2, 0.25) is 10.0 Å². The van der Waals surface area contributed by atoms with Crippen LogP contribution >= 0.6 is 12.2 Å². The maximum absolute atomic E-state index is 12.1. The van der Waals surface area contributed by atoms with Crippen molar-refractivity contribution in [2.24, 2.45) is 0 Å². The van der Waals surface area contributed by atoms with Crippen LogP contribution in [-0.4, -0.2) is 36.4 Å². The molecule has 5 rings (SSSR count). The Bertz CT molecular complexity index is 1670. The second-order valence-electron chi connectivity index (χ2n) is 9.90. The number of rotatable bonds is 8. The Labute approximate surface area is 241 Å². The number of para-hydroxylation sites is 1. The lowest BCUT2D eigenvalue weighted by Gasteiger charge is -2.29. The molecule has 1 fully saturated rings. The first-order valence-electron chi connectivity index (χ1n) is 13.1. The van der Waals surface area contributed by atoms with Crippen molar-refractivity contribution >= 4 is 38.7 Å². The van der Waals surface area contributed by atoms with Crippen molar-refractivity contribution in [1.29, 1.82) is 0 Å². The fourth-order valence-electron chi connectivity index (χ4n) is 5.56. The van der Waals surface area contributed by atoms with E-state index in [0.717, 1.165) is 46.7 Å². The van der Waals surface area contributed by atoms with Crippen molar-refractivity contribution < 1.29 is 13.2 Å². The molecular weight excluding hydrogens is 542 g/mol. The average molecular weight is 576 g/mol. The zero-order valence-corrected chi connectivity index (χ0v) is 24.8. The summed E-state index contributed by atoms with van der Waals surface area (Å²) in [6.45, 7) is 6.41. The van der Waals surface area contributed by atoms with Gasteiger partial charge in [-0.1, -0.05) is 31.2 Å². The van der Waals surface area contributed by atoms with E-state index in [0.29, 0.717) is 16.5 Å². The van der Waals surface area contributed by atoms with Crippen LogP contribution < -0.4 is 19.7 Å². The standard InChI is InChI=1S/C30H33N5O3S2/c1-6-21-11-7-8-13-26(21)34-19(2)17-23(20(34)3)29-28(24-12-9-10-16-31-24)32-30(39)35(29)22-14-15-27(38-4)25(18-22)33-40(5,36)37/h7-18,28-29,33H,6H2,1-5H3,(H,32,39)/t28-,29-/m1/s1. The maximum atomic E-state index is 12.1. The minimum Gasteiger partial charge on any atom is -0.495 e. The molecule has 2 N–H and O–H groups in total. The summed E-state index contributed by atoms with van der Waals surface area (Å²) in [6, 6.07) is 21.4. The number of pyridine rings is 1. The van der Waals surface area contributed by atoms with Crippen LogP contribution in [0.25, 0.3) is 5.69 Å². The summed E-state index contributed by atoms with van der Waals surface area (Å²) >= 11 is 5.92. The normalized spacial score (nSPS) is 17.1. The first kappa shape index (κ1) is 27.7. The van der Waals surface area contributed by atoms with E-state index in [2.05, 4.69) is 70.7 Å². The number of thiocarbonyl (C=S) groups is 1. The minimum absolute atomic E-state index is 0.238. The Balaban J connectivity index is 1.70. The van der Waals surface area contributed by atoms with Gasteiger partial charge in [0.1, 0.15) is 5.75 Å². The van der Waals surface area contributed by atoms with Gasteiger partial charge < -0.3 is 19.5 Å². The van der Waals surface area contributed by atoms with Crippen LogP contribution in [0, 0.1) is 13.8 Å². The number of nitrogens with zero attached hydrogens (tertiary/aromatic N) is 3. The summed E-state index contributed by atoms with van der Waals surface area (Å²) in [5.74, 6) is 0.416. The van der Waals surface area contributed by atoms with Gasteiger partial charge >= 0.3 is 0 Å². The van der Waals surface area contributed by atoms with E-state index < -0.39 is 10.0 Å². The van der Waals surface area contributed by atoms with Crippen molar-refractivity contribution in [3.8, 4) is 11.4 Å². The Morgan fingerprint density at radius 2 is 1.82 bits per heavy atom. The van der Waals surface area contributed by atoms with Gasteiger partial charge in [-0.25, -0.2) is 8.42 Å². The van der Waals surface area contributed by atoms with Crippen molar-refractivity contribution in [3.63, 3.8) is 0 Å². The van der Waals surface area contributed by atoms with Crippen molar-refractivity contribution in [2.75, 3.05) is 23.0 Å². The molecule has 2 atom stereocenters. The van der Waals surface area contributed by atoms with Crippen LogP contribution in [0.1, 0.15) is 47.2 Å². The van der Waals surface area contributed by atoms with Crippen molar-refractivity contribution in [1.82, 2.24) is 14.9 Å². The quantitative estimate of drug-likeness (QED) is 0.264. The van der Waals surface area contributed by atoms with Gasteiger partial charge in [-0.15, -0.1) is 0 Å². The first-order valence-corrected chi connectivity index (χ1v) is 15.4. The molecule has 208 valence electrons. The van der Waals surface area contributed by atoms with Crippen LogP contribution in [0.2, 0.25) is 0 Å². The fourth-order valence-corrected chi connectivity index (χ4v) is 6.46. The zero-order chi connectivity index (χ0) is 28.6. The number of ether oxygens (including phenoxy) is 1. The summed E-state index contributed by atoms with van der Waals surface area (Å²) in [4.78, 5) is 6.71. The topological polar surface area (TPSA) is 88.5 Å². The number of methoxy groups -OCH3 is 1. The molecule has 1 saturated heterocycles. The highest BCUT2D eigenvalue weighted by Crippen LogP contribution is 2.45. The molecule has 4 aromatic rings. The van der Waals surface area contributed by atoms with Crippen molar-refractivity contribution in [3.05, 3.63) is 101 Å². The van der Waals surface area contributed by atoms with E-state index >= 15 is 0 Å². The maximum Gasteiger partial charge on any atom is 0.229 e. The second kappa shape index (κ2) is 10.9. The number of nitrogens with one attached hydrogen (secondary N) is 2. The lowest BCUT2D eigenvalue weighted by atomic mass is 9.96. The second-order valence-corrected chi connectivity index (χ2v) is 12.0. The van der Waals surface area contributed by atoms with Gasteiger partial charge in [0, 0.05) is 29.0 Å². The summed E-state index contributed by atoms with van der Waals surface area (Å²) in [6.07, 6.45) is 3.81. The number of hydrogen-bond donors (Lipinski definition) is 2. The molecule has 0 bridgehead atoms. The highest BCUT2D eigenvalue weighted by Gasteiger charge is 2.42. The zero-order valence-electron chi connectivity index (χ0n) is 23.2. The summed E-state index contributed by atoms with van der Waals surface area (Å²) < 4.78 is 34.6. The third kappa shape index (κ3) is 5.16. The molecule has 0 amide bonds. The molecule has 40 heavy (non-hydrogen) atoms. The van der Waals surface area contributed by atoms with E-state index in [4.69, 9.17) is 17.0 Å². The van der Waals surface area contributed by atoms with Gasteiger partial charge in [-0.05, 0) is 86.1 Å². The molecule has 8 nitrogen and oxygen atoms in total. The minimum atomic E-state index is -3.54. The molecule has 1 aliphatic heterocycles. The highest BCUT2D eigenvalue weighted by molar-refractivity contribution is 7.92. The van der Waals surface area contributed by atoms with Crippen molar-refractivity contribution in [2.45, 2.75) is 39.3 Å². The van der Waals surface area contributed by atoms with Gasteiger partial charge in [-0.3, -0.25) is 9.71 Å². The first-order chi connectivity index (χ1) is 19.1. The predicted molar refractivity (Wildman–Crippen MR) is 164 cm³/mol. The SMILES string of the molecule is CCc1ccccc1-n1c(C)cc([C@@H]2[C@@H](c3ccccn3)NC(=S)N2c2ccc(OC)c(NS(C)(=O)=O)c2)c1C. The Kier molecular flexibility index (Phi) is 7.57. The molecule has 0 saturated carbocycles. The number of benzene rings is 2. The molecule has 0 spiro atoms. The molecule has 0 aliphatic carbocycles.